The first-order chi connectivity index (χ1) is 13.2. The Balaban J connectivity index is 1.85. The predicted molar refractivity (Wildman–Crippen MR) is 107 cm³/mol. The third kappa shape index (κ3) is 4.65. The third-order valence-electron chi connectivity index (χ3n) is 4.29. The van der Waals surface area contributed by atoms with Gasteiger partial charge in [-0.15, -0.1) is 0 Å². The molecule has 0 bridgehead atoms. The highest BCUT2D eigenvalue weighted by Gasteiger charge is 2.30. The topological polar surface area (TPSA) is 90.3 Å². The maximum atomic E-state index is 12.8. The van der Waals surface area contributed by atoms with Crippen LogP contribution in [-0.4, -0.2) is 32.3 Å². The van der Waals surface area contributed by atoms with Gasteiger partial charge in [0.05, 0.1) is 27.2 Å². The number of nitriles is 1. The van der Waals surface area contributed by atoms with Gasteiger partial charge in [0.1, 0.15) is 4.90 Å². The van der Waals surface area contributed by atoms with Crippen LogP contribution in [0.3, 0.4) is 0 Å². The normalized spacial score (nSPS) is 13.8. The summed E-state index contributed by atoms with van der Waals surface area (Å²) in [6.45, 7) is 0.270. The molecule has 1 amide bonds. The van der Waals surface area contributed by atoms with Crippen LogP contribution in [0.1, 0.15) is 34.3 Å². The van der Waals surface area contributed by atoms with E-state index >= 15 is 0 Å². The molecule has 0 unspecified atom stereocenters. The molecule has 0 saturated heterocycles. The van der Waals surface area contributed by atoms with Crippen molar-refractivity contribution in [2.24, 2.45) is 0 Å². The molecule has 28 heavy (non-hydrogen) atoms. The molecular weight excluding hydrogens is 421 g/mol. The van der Waals surface area contributed by atoms with Crippen LogP contribution in [-0.2, 0) is 16.6 Å². The number of nitrogens with zero attached hydrogens (tertiary/aromatic N) is 2. The Bertz CT molecular complexity index is 1060. The number of sulfonamides is 1. The van der Waals surface area contributed by atoms with E-state index in [9.17, 15) is 13.2 Å². The Hall–Kier alpha value is -2.11. The number of nitrogens with one attached hydrogen (secondary N) is 1. The Morgan fingerprint density at radius 2 is 1.86 bits per heavy atom. The highest BCUT2D eigenvalue weighted by atomic mass is 35.5. The number of hydrogen-bond acceptors (Lipinski definition) is 4. The number of carbonyl (C=O) groups is 1. The quantitative estimate of drug-likeness (QED) is 0.747. The molecule has 1 saturated carbocycles. The molecule has 2 aromatic rings. The highest BCUT2D eigenvalue weighted by molar-refractivity contribution is 7.89. The van der Waals surface area contributed by atoms with Crippen molar-refractivity contribution in [2.75, 3.05) is 7.05 Å². The van der Waals surface area contributed by atoms with Crippen molar-refractivity contribution in [3.8, 4) is 6.07 Å². The molecule has 1 aliphatic rings. The first-order valence-electron chi connectivity index (χ1n) is 8.47. The average Bonchev–Trinajstić information content (AvgIpc) is 3.45. The van der Waals surface area contributed by atoms with Crippen LogP contribution in [0, 0.1) is 11.3 Å². The maximum absolute atomic E-state index is 12.8. The second-order valence-electron chi connectivity index (χ2n) is 6.63. The van der Waals surface area contributed by atoms with Gasteiger partial charge in [-0.25, -0.2) is 13.1 Å². The lowest BCUT2D eigenvalue weighted by atomic mass is 10.1. The molecule has 9 heteroatoms. The van der Waals surface area contributed by atoms with Gasteiger partial charge in [-0.1, -0.05) is 35.3 Å². The molecule has 0 heterocycles. The summed E-state index contributed by atoms with van der Waals surface area (Å²) < 4.78 is 27.6. The fraction of sp³-hybridized carbons (Fsp3) is 0.263. The second kappa shape index (κ2) is 8.10. The summed E-state index contributed by atoms with van der Waals surface area (Å²) >= 11 is 12.2. The van der Waals surface area contributed by atoms with Gasteiger partial charge < -0.3 is 4.90 Å². The molecule has 0 aromatic heterocycles. The standard InChI is InChI=1S/C19H17Cl2N3O3S/c1-24(11-13-4-2-12(10-22)3-5-13)19(25)15-8-18(17(21)9-16(15)20)28(26,27)23-14-6-7-14/h2-5,8-9,14,23H,6-7,11H2,1H3. The summed E-state index contributed by atoms with van der Waals surface area (Å²) in [5, 5.41) is 8.89. The Morgan fingerprint density at radius 1 is 1.21 bits per heavy atom. The third-order valence-corrected chi connectivity index (χ3v) is 6.59. The highest BCUT2D eigenvalue weighted by Crippen LogP contribution is 2.31. The molecule has 146 valence electrons. The van der Waals surface area contributed by atoms with Crippen LogP contribution >= 0.6 is 23.2 Å². The van der Waals surface area contributed by atoms with E-state index in [1.807, 2.05) is 6.07 Å². The van der Waals surface area contributed by atoms with E-state index in [4.69, 9.17) is 28.5 Å². The van der Waals surface area contributed by atoms with E-state index < -0.39 is 15.9 Å². The maximum Gasteiger partial charge on any atom is 0.255 e. The lowest BCUT2D eigenvalue weighted by Crippen LogP contribution is -2.28. The molecule has 0 aliphatic heterocycles. The van der Waals surface area contributed by atoms with Gasteiger partial charge in [0, 0.05) is 19.6 Å². The van der Waals surface area contributed by atoms with Crippen molar-refractivity contribution >= 4 is 39.1 Å². The van der Waals surface area contributed by atoms with E-state index in [0.717, 1.165) is 18.4 Å². The lowest BCUT2D eigenvalue weighted by molar-refractivity contribution is 0.0785. The minimum atomic E-state index is -3.83. The van der Waals surface area contributed by atoms with Crippen molar-refractivity contribution in [1.82, 2.24) is 9.62 Å². The lowest BCUT2D eigenvalue weighted by Gasteiger charge is -2.19. The van der Waals surface area contributed by atoms with Crippen molar-refractivity contribution in [1.29, 1.82) is 5.26 Å². The summed E-state index contributed by atoms with van der Waals surface area (Å²) in [6.07, 6.45) is 1.56. The fourth-order valence-electron chi connectivity index (χ4n) is 2.62. The van der Waals surface area contributed by atoms with Crippen molar-refractivity contribution in [3.05, 3.63) is 63.1 Å². The van der Waals surface area contributed by atoms with Crippen LogP contribution in [0.5, 0.6) is 0 Å². The second-order valence-corrected chi connectivity index (χ2v) is 9.12. The molecular formula is C19H17Cl2N3O3S. The van der Waals surface area contributed by atoms with Crippen LogP contribution < -0.4 is 4.72 Å². The van der Waals surface area contributed by atoms with E-state index in [-0.39, 0.29) is 33.1 Å². The van der Waals surface area contributed by atoms with E-state index in [1.54, 1.807) is 31.3 Å². The summed E-state index contributed by atoms with van der Waals surface area (Å²) in [5.41, 5.74) is 1.40. The molecule has 3 rings (SSSR count). The predicted octanol–water partition coefficient (Wildman–Crippen LogP) is 3.58. The van der Waals surface area contributed by atoms with Crippen molar-refractivity contribution in [2.45, 2.75) is 30.3 Å². The molecule has 1 fully saturated rings. The molecule has 0 atom stereocenters. The smallest absolute Gasteiger partial charge is 0.255 e. The van der Waals surface area contributed by atoms with Gasteiger partial charge in [-0.3, -0.25) is 4.79 Å². The summed E-state index contributed by atoms with van der Waals surface area (Å²) in [7, 11) is -2.25. The molecule has 6 nitrogen and oxygen atoms in total. The first kappa shape index (κ1) is 20.6. The van der Waals surface area contributed by atoms with Crippen LogP contribution in [0.15, 0.2) is 41.3 Å². The van der Waals surface area contributed by atoms with Crippen LogP contribution in [0.2, 0.25) is 10.0 Å². The van der Waals surface area contributed by atoms with Gasteiger partial charge in [0.25, 0.3) is 5.91 Å². The Labute approximate surface area is 173 Å². The van der Waals surface area contributed by atoms with E-state index in [0.29, 0.717) is 5.56 Å². The zero-order valence-electron chi connectivity index (χ0n) is 14.9. The zero-order valence-corrected chi connectivity index (χ0v) is 17.3. The SMILES string of the molecule is CN(Cc1ccc(C#N)cc1)C(=O)c1cc(S(=O)(=O)NC2CC2)c(Cl)cc1Cl. The largest absolute Gasteiger partial charge is 0.337 e. The molecule has 1 N–H and O–H groups in total. The van der Waals surface area contributed by atoms with E-state index in [2.05, 4.69) is 4.72 Å². The summed E-state index contributed by atoms with van der Waals surface area (Å²) in [6, 6.07) is 11.3. The van der Waals surface area contributed by atoms with Crippen LogP contribution in [0.4, 0.5) is 0 Å². The summed E-state index contributed by atoms with van der Waals surface area (Å²) in [4.78, 5) is 14.1. The first-order valence-corrected chi connectivity index (χ1v) is 10.7. The zero-order chi connectivity index (χ0) is 20.5. The van der Waals surface area contributed by atoms with Gasteiger partial charge in [0.2, 0.25) is 10.0 Å². The molecule has 2 aromatic carbocycles. The minimum Gasteiger partial charge on any atom is -0.337 e. The number of hydrogen-bond donors (Lipinski definition) is 1. The number of rotatable bonds is 6. The average molecular weight is 438 g/mol. The van der Waals surface area contributed by atoms with Gasteiger partial charge in [-0.2, -0.15) is 5.26 Å². The molecule has 0 spiro atoms. The summed E-state index contributed by atoms with van der Waals surface area (Å²) in [5.74, 6) is -0.436. The number of halogens is 2. The molecule has 1 aliphatic carbocycles. The Kier molecular flexibility index (Phi) is 5.96. The molecule has 0 radical (unpaired) electrons. The number of amides is 1. The van der Waals surface area contributed by atoms with Crippen molar-refractivity contribution in [3.63, 3.8) is 0 Å². The monoisotopic (exact) mass is 437 g/mol. The fourth-order valence-corrected chi connectivity index (χ4v) is 4.78. The van der Waals surface area contributed by atoms with E-state index in [1.165, 1.54) is 17.0 Å². The van der Waals surface area contributed by atoms with Gasteiger partial charge >= 0.3 is 0 Å². The Morgan fingerprint density at radius 3 is 2.43 bits per heavy atom. The minimum absolute atomic E-state index is 0.0376. The van der Waals surface area contributed by atoms with Crippen molar-refractivity contribution < 1.29 is 13.2 Å². The van der Waals surface area contributed by atoms with Gasteiger partial charge in [-0.05, 0) is 42.7 Å². The van der Waals surface area contributed by atoms with Gasteiger partial charge in [0.15, 0.2) is 0 Å². The van der Waals surface area contributed by atoms with Crippen LogP contribution in [0.25, 0.3) is 0 Å². The number of carbonyl (C=O) groups excluding carboxylic acids is 1. The number of benzene rings is 2.